The molecule has 4 rings (SSSR count). The molecular formula is C27H27NO6S. The Balaban J connectivity index is 1.43. The Bertz CT molecular complexity index is 1270. The first-order chi connectivity index (χ1) is 16.8. The zero-order chi connectivity index (χ0) is 24.8. The highest BCUT2D eigenvalue weighted by Gasteiger charge is 2.34. The highest BCUT2D eigenvalue weighted by Crippen LogP contribution is 2.22. The highest BCUT2D eigenvalue weighted by atomic mass is 32.2. The largest absolute Gasteiger partial charge is 0.497 e. The summed E-state index contributed by atoms with van der Waals surface area (Å²) in [4.78, 5) is 27.3. The van der Waals surface area contributed by atoms with Crippen molar-refractivity contribution >= 4 is 21.5 Å². The number of hydrogen-bond acceptors (Lipinski definition) is 6. The molecule has 1 atom stereocenters. The molecule has 1 saturated heterocycles. The maximum atomic E-state index is 13.1. The summed E-state index contributed by atoms with van der Waals surface area (Å²) in [6.45, 7) is 0.0373. The van der Waals surface area contributed by atoms with Gasteiger partial charge in [-0.2, -0.15) is 0 Å². The molecule has 1 fully saturated rings. The van der Waals surface area contributed by atoms with Crippen LogP contribution in [0.3, 0.4) is 0 Å². The molecule has 1 amide bonds. The van der Waals surface area contributed by atoms with E-state index in [1.54, 1.807) is 60.5 Å². The molecule has 0 unspecified atom stereocenters. The van der Waals surface area contributed by atoms with Crippen molar-refractivity contribution in [2.75, 3.05) is 25.2 Å². The third-order valence-electron chi connectivity index (χ3n) is 6.00. The summed E-state index contributed by atoms with van der Waals surface area (Å²) in [6, 6.07) is 22.5. The molecule has 0 aromatic heterocycles. The van der Waals surface area contributed by atoms with E-state index in [1.165, 1.54) is 0 Å². The van der Waals surface area contributed by atoms with E-state index in [2.05, 4.69) is 0 Å². The number of amides is 1. The number of rotatable bonds is 9. The Morgan fingerprint density at radius 3 is 2.11 bits per heavy atom. The quantitative estimate of drug-likeness (QED) is 0.424. The zero-order valence-electron chi connectivity index (χ0n) is 19.4. The Morgan fingerprint density at radius 1 is 0.886 bits per heavy atom. The first-order valence-corrected chi connectivity index (χ1v) is 13.1. The number of carbonyl (C=O) groups is 2. The molecule has 0 radical (unpaired) electrons. The van der Waals surface area contributed by atoms with Gasteiger partial charge in [0.1, 0.15) is 11.5 Å². The van der Waals surface area contributed by atoms with Gasteiger partial charge in [0, 0.05) is 23.7 Å². The van der Waals surface area contributed by atoms with Crippen LogP contribution in [0.1, 0.15) is 27.9 Å². The van der Waals surface area contributed by atoms with Gasteiger partial charge < -0.3 is 14.4 Å². The number of nitrogens with zero attached hydrogens (tertiary/aromatic N) is 1. The van der Waals surface area contributed by atoms with E-state index in [4.69, 9.17) is 9.47 Å². The Labute approximate surface area is 205 Å². The second-order valence-electron chi connectivity index (χ2n) is 8.43. The number of hydrogen-bond donors (Lipinski definition) is 0. The van der Waals surface area contributed by atoms with Gasteiger partial charge in [-0.3, -0.25) is 9.59 Å². The van der Waals surface area contributed by atoms with Crippen molar-refractivity contribution in [3.05, 3.63) is 95.6 Å². The first-order valence-electron chi connectivity index (χ1n) is 11.3. The molecule has 182 valence electrons. The summed E-state index contributed by atoms with van der Waals surface area (Å²) in [7, 11) is -1.59. The van der Waals surface area contributed by atoms with Crippen molar-refractivity contribution in [1.82, 2.24) is 4.90 Å². The second kappa shape index (κ2) is 10.7. The van der Waals surface area contributed by atoms with Gasteiger partial charge in [0.05, 0.1) is 18.6 Å². The Hall–Kier alpha value is -3.65. The molecule has 1 heterocycles. The van der Waals surface area contributed by atoms with Crippen LogP contribution in [0.5, 0.6) is 11.5 Å². The van der Waals surface area contributed by atoms with E-state index in [0.29, 0.717) is 29.0 Å². The molecule has 0 bridgehead atoms. The predicted molar refractivity (Wildman–Crippen MR) is 132 cm³/mol. The molecule has 3 aromatic rings. The lowest BCUT2D eigenvalue weighted by atomic mass is 10.0. The van der Waals surface area contributed by atoms with Crippen LogP contribution >= 0.6 is 0 Å². The van der Waals surface area contributed by atoms with Crippen molar-refractivity contribution in [3.63, 3.8) is 0 Å². The lowest BCUT2D eigenvalue weighted by Crippen LogP contribution is -2.43. The van der Waals surface area contributed by atoms with Crippen molar-refractivity contribution in [1.29, 1.82) is 0 Å². The summed E-state index contributed by atoms with van der Waals surface area (Å²) in [5, 5.41) is 0. The molecule has 35 heavy (non-hydrogen) atoms. The van der Waals surface area contributed by atoms with E-state index >= 15 is 0 Å². The molecule has 3 aromatic carbocycles. The van der Waals surface area contributed by atoms with Gasteiger partial charge in [-0.25, -0.2) is 8.42 Å². The molecule has 0 spiro atoms. The predicted octanol–water partition coefficient (Wildman–Crippen LogP) is 3.52. The molecular weight excluding hydrogens is 466 g/mol. The van der Waals surface area contributed by atoms with E-state index in [9.17, 15) is 18.0 Å². The molecule has 8 heteroatoms. The van der Waals surface area contributed by atoms with Crippen molar-refractivity contribution < 1.29 is 27.5 Å². The van der Waals surface area contributed by atoms with Crippen LogP contribution in [0.15, 0.2) is 78.9 Å². The lowest BCUT2D eigenvalue weighted by molar-refractivity contribution is -0.136. The smallest absolute Gasteiger partial charge is 0.261 e. The van der Waals surface area contributed by atoms with E-state index in [1.807, 2.05) is 30.3 Å². The molecule has 1 aliphatic heterocycles. The normalized spacial score (nSPS) is 16.4. The maximum absolute atomic E-state index is 13.1. The van der Waals surface area contributed by atoms with Gasteiger partial charge >= 0.3 is 0 Å². The first kappa shape index (κ1) is 24.5. The third kappa shape index (κ3) is 6.27. The Morgan fingerprint density at radius 2 is 1.51 bits per heavy atom. The van der Waals surface area contributed by atoms with E-state index < -0.39 is 15.9 Å². The fourth-order valence-corrected chi connectivity index (χ4v) is 5.79. The van der Waals surface area contributed by atoms with E-state index in [-0.39, 0.29) is 36.3 Å². The van der Waals surface area contributed by atoms with Crippen molar-refractivity contribution in [2.24, 2.45) is 0 Å². The molecule has 0 aliphatic carbocycles. The van der Waals surface area contributed by atoms with Crippen LogP contribution in [0.2, 0.25) is 0 Å². The Kier molecular flexibility index (Phi) is 7.51. The van der Waals surface area contributed by atoms with Gasteiger partial charge in [0.2, 0.25) is 0 Å². The van der Waals surface area contributed by atoms with Gasteiger partial charge in [-0.05, 0) is 48.4 Å². The van der Waals surface area contributed by atoms with Crippen LogP contribution in [-0.2, 0) is 21.2 Å². The van der Waals surface area contributed by atoms with Gasteiger partial charge in [-0.1, -0.05) is 42.5 Å². The number of ketones is 1. The number of benzene rings is 3. The molecule has 7 nitrogen and oxygen atoms in total. The average Bonchev–Trinajstić information content (AvgIpc) is 3.25. The fraction of sp³-hybridized carbons (Fsp3) is 0.259. The summed E-state index contributed by atoms with van der Waals surface area (Å²) in [5.74, 6) is 0.778. The summed E-state index contributed by atoms with van der Waals surface area (Å²) >= 11 is 0. The SMILES string of the molecule is COc1ccc(CN(C(=O)COc2ccc(C(=O)c3ccccc3)cc2)[C@@H]2CCS(=O)(=O)C2)cc1. The van der Waals surface area contributed by atoms with Crippen molar-refractivity contribution in [2.45, 2.75) is 19.0 Å². The summed E-state index contributed by atoms with van der Waals surface area (Å²) in [5.41, 5.74) is 1.98. The van der Waals surface area contributed by atoms with Gasteiger partial charge in [-0.15, -0.1) is 0 Å². The van der Waals surface area contributed by atoms with E-state index in [0.717, 1.165) is 5.56 Å². The van der Waals surface area contributed by atoms with Crippen LogP contribution in [0, 0.1) is 0 Å². The van der Waals surface area contributed by atoms with Crippen LogP contribution < -0.4 is 9.47 Å². The van der Waals surface area contributed by atoms with Crippen LogP contribution in [-0.4, -0.2) is 56.3 Å². The summed E-state index contributed by atoms with van der Waals surface area (Å²) < 4.78 is 35.0. The maximum Gasteiger partial charge on any atom is 0.261 e. The van der Waals surface area contributed by atoms with Gasteiger partial charge in [0.25, 0.3) is 5.91 Å². The van der Waals surface area contributed by atoms with Crippen molar-refractivity contribution in [3.8, 4) is 11.5 Å². The van der Waals surface area contributed by atoms with Gasteiger partial charge in [0.15, 0.2) is 22.2 Å². The molecule has 1 aliphatic rings. The third-order valence-corrected chi connectivity index (χ3v) is 7.75. The number of sulfone groups is 1. The minimum absolute atomic E-state index is 0.0504. The molecule has 0 saturated carbocycles. The minimum Gasteiger partial charge on any atom is -0.497 e. The summed E-state index contributed by atoms with van der Waals surface area (Å²) in [6.07, 6.45) is 0.403. The molecule has 0 N–H and O–H groups in total. The standard InChI is InChI=1S/C27H27NO6S/c1-33-24-11-7-20(8-12-24)17-28(23-15-16-35(31,32)19-23)26(29)18-34-25-13-9-22(10-14-25)27(30)21-5-3-2-4-6-21/h2-14,23H,15-19H2,1H3/t23-/m1/s1. The van der Waals surface area contributed by atoms with Crippen LogP contribution in [0.25, 0.3) is 0 Å². The monoisotopic (exact) mass is 493 g/mol. The number of methoxy groups -OCH3 is 1. The second-order valence-corrected chi connectivity index (χ2v) is 10.7. The average molecular weight is 494 g/mol. The topological polar surface area (TPSA) is 90.0 Å². The number of ether oxygens (including phenoxy) is 2. The lowest BCUT2D eigenvalue weighted by Gasteiger charge is -2.28. The van der Waals surface area contributed by atoms with Crippen LogP contribution in [0.4, 0.5) is 0 Å². The highest BCUT2D eigenvalue weighted by molar-refractivity contribution is 7.91. The number of carbonyl (C=O) groups excluding carboxylic acids is 2. The minimum atomic E-state index is -3.17. The zero-order valence-corrected chi connectivity index (χ0v) is 20.2. The fourth-order valence-electron chi connectivity index (χ4n) is 4.06.